The zero-order valence-corrected chi connectivity index (χ0v) is 25.0. The smallest absolute Gasteiger partial charge is 0.352 e. The Labute approximate surface area is 249 Å². The van der Waals surface area contributed by atoms with Gasteiger partial charge in [0, 0.05) is 24.0 Å². The van der Waals surface area contributed by atoms with Gasteiger partial charge in [0.1, 0.15) is 12.6 Å². The molecular formula is C30H33ClF3N3O4S. The first-order chi connectivity index (χ1) is 19.7. The van der Waals surface area contributed by atoms with Crippen LogP contribution in [0.2, 0.25) is 5.02 Å². The van der Waals surface area contributed by atoms with Gasteiger partial charge in [0.25, 0.3) is 0 Å². The summed E-state index contributed by atoms with van der Waals surface area (Å²) >= 11 is 6.04. The van der Waals surface area contributed by atoms with Crippen molar-refractivity contribution in [3.8, 4) is 0 Å². The second-order valence-corrected chi connectivity index (χ2v) is 12.3. The SMILES string of the molecule is CC[C@H](C)NC(=O)[C@H](Cc1ccccc1)N(Cc1ccc(Cl)cc1)C(=O)CN(c1cccc(C(F)(F)F)c1)S(C)(=O)=O. The standard InChI is InChI=1S/C30H33ClF3N3O4S/c1-4-21(2)35-29(39)27(17-22-9-6-5-7-10-22)36(19-23-13-15-25(31)16-14-23)28(38)20-37(42(3,40)41)26-12-8-11-24(18-26)30(32,33)34/h5-16,18,21,27H,4,17,19-20H2,1-3H3,(H,35,39)/t21-,27-/m0/s1. The van der Waals surface area contributed by atoms with Crippen molar-refractivity contribution >= 4 is 39.1 Å². The van der Waals surface area contributed by atoms with Gasteiger partial charge >= 0.3 is 6.18 Å². The molecule has 3 rings (SSSR count). The van der Waals surface area contributed by atoms with E-state index >= 15 is 0 Å². The van der Waals surface area contributed by atoms with Crippen LogP contribution in [0.25, 0.3) is 0 Å². The van der Waals surface area contributed by atoms with Crippen LogP contribution in [-0.2, 0) is 38.8 Å². The fraction of sp³-hybridized carbons (Fsp3) is 0.333. The number of carbonyl (C=O) groups is 2. The molecule has 1 N–H and O–H groups in total. The highest BCUT2D eigenvalue weighted by molar-refractivity contribution is 7.92. The first-order valence-electron chi connectivity index (χ1n) is 13.2. The van der Waals surface area contributed by atoms with E-state index in [1.54, 1.807) is 48.5 Å². The lowest BCUT2D eigenvalue weighted by Gasteiger charge is -2.34. The van der Waals surface area contributed by atoms with Crippen LogP contribution in [0.4, 0.5) is 18.9 Å². The van der Waals surface area contributed by atoms with Crippen molar-refractivity contribution in [2.45, 2.75) is 51.5 Å². The molecule has 0 aliphatic heterocycles. The summed E-state index contributed by atoms with van der Waals surface area (Å²) in [5.74, 6) is -1.21. The quantitative estimate of drug-likeness (QED) is 0.281. The largest absolute Gasteiger partial charge is 0.416 e. The highest BCUT2D eigenvalue weighted by Crippen LogP contribution is 2.32. The number of carbonyl (C=O) groups excluding carboxylic acids is 2. The van der Waals surface area contributed by atoms with E-state index < -0.39 is 46.2 Å². The number of nitrogens with zero attached hydrogens (tertiary/aromatic N) is 2. The molecule has 0 saturated heterocycles. The summed E-state index contributed by atoms with van der Waals surface area (Å²) in [6.45, 7) is 2.81. The second kappa shape index (κ2) is 14.1. The summed E-state index contributed by atoms with van der Waals surface area (Å²) in [6, 6.07) is 18.1. The topological polar surface area (TPSA) is 86.8 Å². The predicted molar refractivity (Wildman–Crippen MR) is 157 cm³/mol. The molecule has 2 amide bonds. The lowest BCUT2D eigenvalue weighted by Crippen LogP contribution is -2.54. The average Bonchev–Trinajstić information content (AvgIpc) is 2.93. The summed E-state index contributed by atoms with van der Waals surface area (Å²) in [7, 11) is -4.21. The van der Waals surface area contributed by atoms with Crippen LogP contribution in [0.5, 0.6) is 0 Å². The van der Waals surface area contributed by atoms with E-state index in [0.29, 0.717) is 27.4 Å². The minimum atomic E-state index is -4.72. The number of sulfonamides is 1. The Bertz CT molecular complexity index is 1470. The molecule has 42 heavy (non-hydrogen) atoms. The fourth-order valence-corrected chi connectivity index (χ4v) is 5.20. The first kappa shape index (κ1) is 32.9. The molecule has 226 valence electrons. The Kier molecular flexibility index (Phi) is 11.0. The Morgan fingerprint density at radius 1 is 0.952 bits per heavy atom. The van der Waals surface area contributed by atoms with E-state index in [4.69, 9.17) is 11.6 Å². The molecule has 0 spiro atoms. The number of halogens is 4. The molecule has 0 heterocycles. The van der Waals surface area contributed by atoms with Gasteiger partial charge in [-0.2, -0.15) is 13.2 Å². The number of nitrogens with one attached hydrogen (secondary N) is 1. The normalized spacial score (nSPS) is 13.2. The van der Waals surface area contributed by atoms with E-state index in [1.807, 2.05) is 19.9 Å². The molecule has 0 unspecified atom stereocenters. The minimum absolute atomic E-state index is 0.0817. The third kappa shape index (κ3) is 9.22. The summed E-state index contributed by atoms with van der Waals surface area (Å²) in [4.78, 5) is 28.9. The Balaban J connectivity index is 2.08. The van der Waals surface area contributed by atoms with Gasteiger partial charge in [-0.05, 0) is 54.8 Å². The third-order valence-corrected chi connectivity index (χ3v) is 8.07. The van der Waals surface area contributed by atoms with Gasteiger partial charge in [-0.3, -0.25) is 13.9 Å². The predicted octanol–water partition coefficient (Wildman–Crippen LogP) is 5.68. The molecule has 12 heteroatoms. The van der Waals surface area contributed by atoms with Crippen molar-refractivity contribution in [3.63, 3.8) is 0 Å². The molecule has 3 aromatic carbocycles. The molecule has 0 radical (unpaired) electrons. The number of benzene rings is 3. The maximum atomic E-state index is 14.0. The zero-order valence-electron chi connectivity index (χ0n) is 23.4. The van der Waals surface area contributed by atoms with Crippen LogP contribution >= 0.6 is 11.6 Å². The molecule has 0 bridgehead atoms. The van der Waals surface area contributed by atoms with Gasteiger partial charge < -0.3 is 10.2 Å². The van der Waals surface area contributed by atoms with E-state index in [-0.39, 0.29) is 24.7 Å². The average molecular weight is 624 g/mol. The highest BCUT2D eigenvalue weighted by Gasteiger charge is 2.35. The van der Waals surface area contributed by atoms with Gasteiger partial charge in [0.2, 0.25) is 21.8 Å². The maximum Gasteiger partial charge on any atom is 0.416 e. The highest BCUT2D eigenvalue weighted by atomic mass is 35.5. The molecule has 7 nitrogen and oxygen atoms in total. The number of hydrogen-bond acceptors (Lipinski definition) is 4. The summed E-state index contributed by atoms with van der Waals surface area (Å²) in [5, 5.41) is 3.37. The van der Waals surface area contributed by atoms with Crippen molar-refractivity contribution in [2.24, 2.45) is 0 Å². The number of alkyl halides is 3. The third-order valence-electron chi connectivity index (χ3n) is 6.68. The number of hydrogen-bond donors (Lipinski definition) is 1. The molecule has 0 aliphatic rings. The second-order valence-electron chi connectivity index (χ2n) is 9.99. The van der Waals surface area contributed by atoms with E-state index in [1.165, 1.54) is 11.0 Å². The first-order valence-corrected chi connectivity index (χ1v) is 15.4. The van der Waals surface area contributed by atoms with E-state index in [0.717, 1.165) is 24.0 Å². The van der Waals surface area contributed by atoms with Gasteiger partial charge in [-0.1, -0.05) is 67.1 Å². The fourth-order valence-electron chi connectivity index (χ4n) is 4.23. The molecule has 2 atom stereocenters. The van der Waals surface area contributed by atoms with Gasteiger partial charge in [-0.15, -0.1) is 0 Å². The number of anilines is 1. The van der Waals surface area contributed by atoms with Gasteiger partial charge in [0.05, 0.1) is 17.5 Å². The van der Waals surface area contributed by atoms with Crippen molar-refractivity contribution in [2.75, 3.05) is 17.1 Å². The lowest BCUT2D eigenvalue weighted by molar-refractivity contribution is -0.140. The zero-order chi connectivity index (χ0) is 31.1. The monoisotopic (exact) mass is 623 g/mol. The van der Waals surface area contributed by atoms with Gasteiger partial charge in [0.15, 0.2) is 0 Å². The molecule has 0 aromatic heterocycles. The maximum absolute atomic E-state index is 14.0. The molecule has 0 aliphatic carbocycles. The van der Waals surface area contributed by atoms with E-state index in [2.05, 4.69) is 5.32 Å². The van der Waals surface area contributed by atoms with Crippen molar-refractivity contribution in [1.82, 2.24) is 10.2 Å². The van der Waals surface area contributed by atoms with Gasteiger partial charge in [-0.25, -0.2) is 8.42 Å². The van der Waals surface area contributed by atoms with Crippen LogP contribution in [0.1, 0.15) is 37.0 Å². The van der Waals surface area contributed by atoms with E-state index in [9.17, 15) is 31.2 Å². The van der Waals surface area contributed by atoms with Crippen LogP contribution in [0.15, 0.2) is 78.9 Å². The molecule has 0 fully saturated rings. The Hall–Kier alpha value is -3.57. The number of amides is 2. The van der Waals surface area contributed by atoms with Crippen LogP contribution in [0.3, 0.4) is 0 Å². The Morgan fingerprint density at radius 3 is 2.17 bits per heavy atom. The molecular weight excluding hydrogens is 591 g/mol. The minimum Gasteiger partial charge on any atom is -0.352 e. The molecule has 3 aromatic rings. The number of rotatable bonds is 12. The summed E-state index contributed by atoms with van der Waals surface area (Å²) in [5.41, 5.74) is -0.00882. The Morgan fingerprint density at radius 2 is 1.60 bits per heavy atom. The summed E-state index contributed by atoms with van der Waals surface area (Å²) < 4.78 is 66.5. The van der Waals surface area contributed by atoms with Crippen molar-refractivity contribution < 1.29 is 31.2 Å². The lowest BCUT2D eigenvalue weighted by atomic mass is 10.0. The molecule has 0 saturated carbocycles. The van der Waals surface area contributed by atoms with Crippen LogP contribution in [0, 0.1) is 0 Å². The summed E-state index contributed by atoms with van der Waals surface area (Å²) in [6.07, 6.45) is -3.17. The van der Waals surface area contributed by atoms with Crippen molar-refractivity contribution in [1.29, 1.82) is 0 Å². The van der Waals surface area contributed by atoms with Crippen molar-refractivity contribution in [3.05, 3.63) is 101 Å². The van der Waals surface area contributed by atoms with Crippen LogP contribution in [-0.4, -0.2) is 50.0 Å². The van der Waals surface area contributed by atoms with Crippen LogP contribution < -0.4 is 9.62 Å².